The molecule has 1 amide bonds. The first kappa shape index (κ1) is 23.2. The topological polar surface area (TPSA) is 99.7 Å². The minimum Gasteiger partial charge on any atom is -0.325 e. The Morgan fingerprint density at radius 2 is 1.94 bits per heavy atom. The highest BCUT2D eigenvalue weighted by Gasteiger charge is 2.18. The van der Waals surface area contributed by atoms with E-state index < -0.39 is 10.0 Å². The maximum Gasteiger partial charge on any atom is 0.262 e. The average Bonchev–Trinajstić information content (AvgIpc) is 3.01. The third-order valence-corrected chi connectivity index (χ3v) is 6.72. The maximum absolute atomic E-state index is 12.7. The zero-order chi connectivity index (χ0) is 22.3. The van der Waals surface area contributed by atoms with Gasteiger partial charge in [0.05, 0.1) is 11.4 Å². The summed E-state index contributed by atoms with van der Waals surface area (Å²) >= 11 is 6.19. The molecule has 0 fully saturated rings. The summed E-state index contributed by atoms with van der Waals surface area (Å²) < 4.78 is 28.0. The van der Waals surface area contributed by atoms with Gasteiger partial charge in [-0.3, -0.25) is 14.5 Å². The van der Waals surface area contributed by atoms with Crippen molar-refractivity contribution in [2.45, 2.75) is 43.5 Å². The number of aliphatic imine (C=N–C) groups is 1. The largest absolute Gasteiger partial charge is 0.325 e. The highest BCUT2D eigenvalue weighted by atomic mass is 35.5. The summed E-state index contributed by atoms with van der Waals surface area (Å²) in [5.41, 5.74) is 1.31. The second-order valence-corrected chi connectivity index (χ2v) is 9.53. The van der Waals surface area contributed by atoms with Gasteiger partial charge >= 0.3 is 0 Å². The van der Waals surface area contributed by atoms with E-state index in [2.05, 4.69) is 20.3 Å². The minimum atomic E-state index is -3.76. The van der Waals surface area contributed by atoms with Gasteiger partial charge < -0.3 is 10.6 Å². The van der Waals surface area contributed by atoms with Crippen LogP contribution in [0.4, 0.5) is 5.69 Å². The molecule has 0 radical (unpaired) electrons. The molecule has 3 N–H and O–H groups in total. The Balaban J connectivity index is 1.60. The first-order valence-electron chi connectivity index (χ1n) is 10.3. The van der Waals surface area contributed by atoms with Crippen LogP contribution >= 0.6 is 11.6 Å². The number of hydrogen-bond donors (Lipinski definition) is 3. The van der Waals surface area contributed by atoms with Gasteiger partial charge in [0.2, 0.25) is 5.91 Å². The molecule has 0 aliphatic carbocycles. The number of nitrogens with zero attached hydrogens (tertiary/aromatic N) is 1. The lowest BCUT2D eigenvalue weighted by atomic mass is 10.1. The highest BCUT2D eigenvalue weighted by molar-refractivity contribution is 7.90. The molecule has 2 aromatic rings. The molecule has 1 atom stereocenters. The fourth-order valence-electron chi connectivity index (χ4n) is 3.30. The summed E-state index contributed by atoms with van der Waals surface area (Å²) in [6.07, 6.45) is 3.54. The maximum atomic E-state index is 12.7. The molecule has 7 nitrogen and oxygen atoms in total. The van der Waals surface area contributed by atoms with E-state index >= 15 is 0 Å². The van der Waals surface area contributed by atoms with E-state index in [0.717, 1.165) is 24.8 Å². The van der Waals surface area contributed by atoms with Crippen LogP contribution in [0, 0.1) is 0 Å². The summed E-state index contributed by atoms with van der Waals surface area (Å²) in [5.74, 6) is 0.208. The number of benzene rings is 2. The summed E-state index contributed by atoms with van der Waals surface area (Å²) in [6.45, 7) is 2.61. The molecule has 31 heavy (non-hydrogen) atoms. The van der Waals surface area contributed by atoms with Gasteiger partial charge in [-0.2, -0.15) is 0 Å². The monoisotopic (exact) mass is 462 g/mol. The standard InChI is InChI=1S/C22H27ClN4O3S/c1-16(19-10-4-5-11-20(19)23)25-15-22(28)26-17-8-7-9-18(14-17)31(29,30)27-21-12-3-2-6-13-24-21/h4-5,7-11,14,16,25H,2-3,6,12-13,15H2,1H3,(H,24,27)(H,26,28)/t16-/m0/s1. The first-order chi connectivity index (χ1) is 14.8. The van der Waals surface area contributed by atoms with Crippen LogP contribution in [0.1, 0.15) is 44.2 Å². The lowest BCUT2D eigenvalue weighted by Crippen LogP contribution is -2.31. The van der Waals surface area contributed by atoms with E-state index in [1.807, 2.05) is 25.1 Å². The molecule has 0 saturated heterocycles. The molecule has 2 aromatic carbocycles. The molecule has 166 valence electrons. The van der Waals surface area contributed by atoms with Crippen molar-refractivity contribution in [2.24, 2.45) is 4.99 Å². The molecule has 3 rings (SSSR count). The van der Waals surface area contributed by atoms with Crippen LogP contribution in [-0.2, 0) is 14.8 Å². The Bertz CT molecular complexity index is 1060. The lowest BCUT2D eigenvalue weighted by Gasteiger charge is -2.16. The fraction of sp³-hybridized carbons (Fsp3) is 0.364. The molecule has 1 aliphatic rings. The summed E-state index contributed by atoms with van der Waals surface area (Å²) in [6, 6.07) is 13.5. The average molecular weight is 463 g/mol. The van der Waals surface area contributed by atoms with Crippen molar-refractivity contribution in [2.75, 3.05) is 18.4 Å². The third kappa shape index (κ3) is 6.78. The van der Waals surface area contributed by atoms with Crippen molar-refractivity contribution in [1.29, 1.82) is 0 Å². The van der Waals surface area contributed by atoms with Crippen LogP contribution in [0.5, 0.6) is 0 Å². The first-order valence-corrected chi connectivity index (χ1v) is 12.1. The number of halogens is 1. The molecule has 0 spiro atoms. The van der Waals surface area contributed by atoms with Gasteiger partial charge in [0.25, 0.3) is 10.0 Å². The molecule has 0 bridgehead atoms. The van der Waals surface area contributed by atoms with Crippen molar-refractivity contribution in [1.82, 2.24) is 10.0 Å². The normalized spacial score (nSPS) is 15.5. The summed E-state index contributed by atoms with van der Waals surface area (Å²) in [7, 11) is -3.76. The van der Waals surface area contributed by atoms with Crippen LogP contribution < -0.4 is 15.4 Å². The van der Waals surface area contributed by atoms with Gasteiger partial charge in [-0.1, -0.05) is 42.3 Å². The zero-order valence-corrected chi connectivity index (χ0v) is 19.0. The predicted molar refractivity (Wildman–Crippen MR) is 124 cm³/mol. The van der Waals surface area contributed by atoms with Crippen LogP contribution in [0.15, 0.2) is 58.4 Å². The van der Waals surface area contributed by atoms with Crippen LogP contribution in [0.25, 0.3) is 0 Å². The van der Waals surface area contributed by atoms with Gasteiger partial charge in [-0.05, 0) is 49.6 Å². The van der Waals surface area contributed by atoms with Crippen molar-refractivity contribution in [3.63, 3.8) is 0 Å². The van der Waals surface area contributed by atoms with Gasteiger partial charge in [-0.15, -0.1) is 0 Å². The van der Waals surface area contributed by atoms with Gasteiger partial charge in [0, 0.05) is 29.7 Å². The number of anilines is 1. The highest BCUT2D eigenvalue weighted by Crippen LogP contribution is 2.22. The Morgan fingerprint density at radius 3 is 2.74 bits per heavy atom. The van der Waals surface area contributed by atoms with E-state index in [9.17, 15) is 13.2 Å². The Kier molecular flexibility index (Phi) is 8.06. The van der Waals surface area contributed by atoms with Gasteiger partial charge in [0.1, 0.15) is 5.84 Å². The fourth-order valence-corrected chi connectivity index (χ4v) is 4.73. The quantitative estimate of drug-likeness (QED) is 0.581. The second kappa shape index (κ2) is 10.7. The Labute approximate surface area is 188 Å². The van der Waals surface area contributed by atoms with E-state index in [1.54, 1.807) is 18.2 Å². The molecule has 0 unspecified atom stereocenters. The number of nitrogens with one attached hydrogen (secondary N) is 3. The Morgan fingerprint density at radius 1 is 1.13 bits per heavy atom. The second-order valence-electron chi connectivity index (χ2n) is 7.44. The van der Waals surface area contributed by atoms with E-state index in [0.29, 0.717) is 29.5 Å². The molecule has 0 aromatic heterocycles. The SMILES string of the molecule is C[C@H](NCC(=O)Nc1cccc(S(=O)(=O)NC2=NCCCCC2)c1)c1ccccc1Cl. The van der Waals surface area contributed by atoms with Crippen LogP contribution in [0.2, 0.25) is 5.02 Å². The van der Waals surface area contributed by atoms with Crippen molar-refractivity contribution < 1.29 is 13.2 Å². The van der Waals surface area contributed by atoms with Crippen molar-refractivity contribution in [3.05, 3.63) is 59.1 Å². The van der Waals surface area contributed by atoms with E-state index in [-0.39, 0.29) is 23.4 Å². The smallest absolute Gasteiger partial charge is 0.262 e. The minimum absolute atomic E-state index is 0.0540. The van der Waals surface area contributed by atoms with E-state index in [4.69, 9.17) is 11.6 Å². The lowest BCUT2D eigenvalue weighted by molar-refractivity contribution is -0.115. The molecule has 1 heterocycles. The van der Waals surface area contributed by atoms with Crippen molar-refractivity contribution in [3.8, 4) is 0 Å². The van der Waals surface area contributed by atoms with Crippen LogP contribution in [0.3, 0.4) is 0 Å². The number of sulfonamides is 1. The molecule has 0 saturated carbocycles. The zero-order valence-electron chi connectivity index (χ0n) is 17.4. The third-order valence-electron chi connectivity index (χ3n) is 5.00. The number of amidine groups is 1. The number of carbonyl (C=O) groups excluding carboxylic acids is 1. The summed E-state index contributed by atoms with van der Waals surface area (Å²) in [4.78, 5) is 16.8. The van der Waals surface area contributed by atoms with Gasteiger partial charge in [-0.25, -0.2) is 8.42 Å². The summed E-state index contributed by atoms with van der Waals surface area (Å²) in [5, 5.41) is 6.49. The van der Waals surface area contributed by atoms with Crippen LogP contribution in [-0.4, -0.2) is 33.3 Å². The van der Waals surface area contributed by atoms with E-state index in [1.165, 1.54) is 12.1 Å². The predicted octanol–water partition coefficient (Wildman–Crippen LogP) is 3.88. The number of rotatable bonds is 7. The Hall–Kier alpha value is -2.42. The molecule has 1 aliphatic heterocycles. The van der Waals surface area contributed by atoms with Gasteiger partial charge in [0.15, 0.2) is 0 Å². The number of hydrogen-bond acceptors (Lipinski definition) is 5. The number of carbonyl (C=O) groups is 1. The number of amides is 1. The van der Waals surface area contributed by atoms with Crippen molar-refractivity contribution >= 4 is 39.1 Å². The molecular formula is C22H27ClN4O3S. The molecule has 9 heteroatoms. The molecular weight excluding hydrogens is 436 g/mol.